The third-order valence-electron chi connectivity index (χ3n) is 3.24. The van der Waals surface area contributed by atoms with E-state index < -0.39 is 0 Å². The predicted octanol–water partition coefficient (Wildman–Crippen LogP) is 3.04. The van der Waals surface area contributed by atoms with Crippen molar-refractivity contribution in [2.75, 3.05) is 5.32 Å². The first-order valence-electron chi connectivity index (χ1n) is 6.91. The number of hydrogen-bond donors (Lipinski definition) is 1. The summed E-state index contributed by atoms with van der Waals surface area (Å²) in [7, 11) is 0. The SMILES string of the molecule is Cc1cc[n+](CC(=O)Nc2ccccc2C(C)C)cc1. The molecule has 20 heavy (non-hydrogen) atoms. The zero-order valence-electron chi connectivity index (χ0n) is 12.3. The lowest BCUT2D eigenvalue weighted by Gasteiger charge is -2.12. The fourth-order valence-corrected chi connectivity index (χ4v) is 2.11. The quantitative estimate of drug-likeness (QED) is 0.850. The smallest absolute Gasteiger partial charge is 0.290 e. The molecule has 3 nitrogen and oxygen atoms in total. The lowest BCUT2D eigenvalue weighted by Crippen LogP contribution is -2.39. The van der Waals surface area contributed by atoms with Crippen molar-refractivity contribution in [3.05, 3.63) is 59.9 Å². The van der Waals surface area contributed by atoms with Crippen molar-refractivity contribution >= 4 is 11.6 Å². The fourth-order valence-electron chi connectivity index (χ4n) is 2.11. The van der Waals surface area contributed by atoms with E-state index in [1.54, 1.807) is 0 Å². The predicted molar refractivity (Wildman–Crippen MR) is 80.5 cm³/mol. The van der Waals surface area contributed by atoms with E-state index in [1.807, 2.05) is 54.2 Å². The van der Waals surface area contributed by atoms with Gasteiger partial charge in [-0.05, 0) is 30.0 Å². The Morgan fingerprint density at radius 3 is 2.45 bits per heavy atom. The summed E-state index contributed by atoms with van der Waals surface area (Å²) in [6.45, 7) is 6.61. The van der Waals surface area contributed by atoms with Crippen molar-refractivity contribution in [2.45, 2.75) is 33.2 Å². The molecule has 0 bridgehead atoms. The average molecular weight is 269 g/mol. The summed E-state index contributed by atoms with van der Waals surface area (Å²) in [5.74, 6) is 0.380. The third-order valence-corrected chi connectivity index (χ3v) is 3.24. The number of benzene rings is 1. The molecule has 0 spiro atoms. The van der Waals surface area contributed by atoms with Gasteiger partial charge >= 0.3 is 0 Å². The number of nitrogens with zero attached hydrogens (tertiary/aromatic N) is 1. The maximum atomic E-state index is 12.1. The van der Waals surface area contributed by atoms with Gasteiger partial charge in [-0.15, -0.1) is 0 Å². The number of carbonyl (C=O) groups excluding carboxylic acids is 1. The zero-order chi connectivity index (χ0) is 14.5. The summed E-state index contributed by atoms with van der Waals surface area (Å²) in [4.78, 5) is 12.1. The highest BCUT2D eigenvalue weighted by molar-refractivity contribution is 5.90. The number of hydrogen-bond acceptors (Lipinski definition) is 1. The van der Waals surface area contributed by atoms with Crippen molar-refractivity contribution in [3.63, 3.8) is 0 Å². The molecule has 0 atom stereocenters. The highest BCUT2D eigenvalue weighted by Gasteiger charge is 2.12. The standard InChI is InChI=1S/C17H20N2O/c1-13(2)15-6-4-5-7-16(15)18-17(20)12-19-10-8-14(3)9-11-19/h4-11,13H,12H2,1-3H3/p+1. The Hall–Kier alpha value is -2.16. The highest BCUT2D eigenvalue weighted by atomic mass is 16.1. The Bertz CT molecular complexity index is 588. The van der Waals surface area contributed by atoms with Crippen LogP contribution in [0, 0.1) is 6.92 Å². The number of amides is 1. The van der Waals surface area contributed by atoms with Crippen LogP contribution in [0.1, 0.15) is 30.9 Å². The highest BCUT2D eigenvalue weighted by Crippen LogP contribution is 2.23. The minimum absolute atomic E-state index is 0.00745. The van der Waals surface area contributed by atoms with Crippen molar-refractivity contribution in [3.8, 4) is 0 Å². The molecule has 3 heteroatoms. The Morgan fingerprint density at radius 1 is 1.15 bits per heavy atom. The lowest BCUT2D eigenvalue weighted by molar-refractivity contribution is -0.684. The molecule has 1 aromatic heterocycles. The molecule has 0 saturated carbocycles. The molecule has 0 fully saturated rings. The number of pyridine rings is 1. The second kappa shape index (κ2) is 6.33. The van der Waals surface area contributed by atoms with Crippen LogP contribution in [0.15, 0.2) is 48.8 Å². The van der Waals surface area contributed by atoms with Crippen LogP contribution in [0.2, 0.25) is 0 Å². The van der Waals surface area contributed by atoms with Gasteiger partial charge in [-0.25, -0.2) is 0 Å². The van der Waals surface area contributed by atoms with Crippen molar-refractivity contribution in [2.24, 2.45) is 0 Å². The number of aromatic nitrogens is 1. The third kappa shape index (κ3) is 3.67. The van der Waals surface area contributed by atoms with Crippen LogP contribution in [0.25, 0.3) is 0 Å². The van der Waals surface area contributed by atoms with Gasteiger partial charge in [0.15, 0.2) is 12.4 Å². The molecule has 1 amide bonds. The van der Waals surface area contributed by atoms with Crippen LogP contribution in [0.5, 0.6) is 0 Å². The first-order valence-corrected chi connectivity index (χ1v) is 6.91. The van der Waals surface area contributed by atoms with Crippen LogP contribution in [-0.2, 0) is 11.3 Å². The fraction of sp³-hybridized carbons (Fsp3) is 0.294. The molecule has 0 radical (unpaired) electrons. The van der Waals surface area contributed by atoms with Gasteiger partial charge in [-0.3, -0.25) is 4.79 Å². The van der Waals surface area contributed by atoms with Crippen LogP contribution in [-0.4, -0.2) is 5.91 Å². The minimum atomic E-state index is -0.00745. The zero-order valence-corrected chi connectivity index (χ0v) is 12.3. The summed E-state index contributed by atoms with van der Waals surface area (Å²) in [6, 6.07) is 11.9. The number of rotatable bonds is 4. The molecule has 0 saturated heterocycles. The molecule has 104 valence electrons. The monoisotopic (exact) mass is 269 g/mol. The van der Waals surface area contributed by atoms with Gasteiger partial charge in [0.1, 0.15) is 0 Å². The topological polar surface area (TPSA) is 33.0 Å². The Morgan fingerprint density at radius 2 is 1.80 bits per heavy atom. The first kappa shape index (κ1) is 14.3. The summed E-state index contributed by atoms with van der Waals surface area (Å²) < 4.78 is 1.88. The molecule has 1 N–H and O–H groups in total. The van der Waals surface area contributed by atoms with E-state index in [0.717, 1.165) is 11.3 Å². The van der Waals surface area contributed by atoms with Crippen molar-refractivity contribution < 1.29 is 9.36 Å². The van der Waals surface area contributed by atoms with E-state index in [9.17, 15) is 4.79 Å². The van der Waals surface area contributed by atoms with Gasteiger partial charge < -0.3 is 5.32 Å². The van der Waals surface area contributed by atoms with E-state index in [1.165, 1.54) is 5.56 Å². The molecule has 0 aliphatic carbocycles. The van der Waals surface area contributed by atoms with E-state index >= 15 is 0 Å². The second-order valence-electron chi connectivity index (χ2n) is 5.34. The van der Waals surface area contributed by atoms with Crippen LogP contribution in [0.3, 0.4) is 0 Å². The van der Waals surface area contributed by atoms with Gasteiger partial charge in [-0.1, -0.05) is 32.0 Å². The number of anilines is 1. The minimum Gasteiger partial charge on any atom is -0.320 e. The van der Waals surface area contributed by atoms with Gasteiger partial charge in [0.25, 0.3) is 5.91 Å². The lowest BCUT2D eigenvalue weighted by atomic mass is 10.0. The molecule has 1 heterocycles. The Labute approximate surface area is 120 Å². The van der Waals surface area contributed by atoms with Crippen LogP contribution in [0.4, 0.5) is 5.69 Å². The summed E-state index contributed by atoms with van der Waals surface area (Å²) in [5, 5.41) is 3.00. The van der Waals surface area contributed by atoms with Gasteiger partial charge in [0.2, 0.25) is 6.54 Å². The normalized spacial score (nSPS) is 10.6. The molecule has 0 unspecified atom stereocenters. The summed E-state index contributed by atoms with van der Waals surface area (Å²) >= 11 is 0. The molecule has 0 aliphatic rings. The molecule has 2 aromatic rings. The van der Waals surface area contributed by atoms with Gasteiger partial charge in [-0.2, -0.15) is 4.57 Å². The Kier molecular flexibility index (Phi) is 4.51. The van der Waals surface area contributed by atoms with Crippen molar-refractivity contribution in [1.82, 2.24) is 0 Å². The van der Waals surface area contributed by atoms with Crippen LogP contribution < -0.4 is 9.88 Å². The maximum Gasteiger partial charge on any atom is 0.290 e. The Balaban J connectivity index is 2.07. The van der Waals surface area contributed by atoms with Gasteiger partial charge in [0.05, 0.1) is 0 Å². The van der Waals surface area contributed by atoms with E-state index in [2.05, 4.69) is 25.2 Å². The average Bonchev–Trinajstić information content (AvgIpc) is 2.41. The summed E-state index contributed by atoms with van der Waals surface area (Å²) in [5.41, 5.74) is 3.25. The first-order chi connectivity index (χ1) is 9.56. The van der Waals surface area contributed by atoms with Crippen molar-refractivity contribution in [1.29, 1.82) is 0 Å². The molecular weight excluding hydrogens is 248 g/mol. The van der Waals surface area contributed by atoms with E-state index in [4.69, 9.17) is 0 Å². The number of para-hydroxylation sites is 1. The van der Waals surface area contributed by atoms with Crippen LogP contribution >= 0.6 is 0 Å². The summed E-state index contributed by atoms with van der Waals surface area (Å²) in [6.07, 6.45) is 3.84. The molecule has 2 rings (SSSR count). The van der Waals surface area contributed by atoms with E-state index in [0.29, 0.717) is 12.5 Å². The number of carbonyl (C=O) groups is 1. The second-order valence-corrected chi connectivity index (χ2v) is 5.34. The molecular formula is C17H21N2O+. The molecule has 0 aliphatic heterocycles. The molecule has 1 aromatic carbocycles. The number of aryl methyl sites for hydroxylation is 1. The largest absolute Gasteiger partial charge is 0.320 e. The number of nitrogens with one attached hydrogen (secondary N) is 1. The van der Waals surface area contributed by atoms with Gasteiger partial charge in [0, 0.05) is 17.8 Å². The maximum absolute atomic E-state index is 12.1. The van der Waals surface area contributed by atoms with E-state index in [-0.39, 0.29) is 5.91 Å².